The minimum atomic E-state index is -3.55. The van der Waals surface area contributed by atoms with Crippen LogP contribution in [0, 0.1) is 17.1 Å². The molecule has 0 radical (unpaired) electrons. The molecule has 0 aliphatic heterocycles. The Morgan fingerprint density at radius 1 is 1.31 bits per heavy atom. The number of hydrogen-bond acceptors (Lipinski definition) is 8. The van der Waals surface area contributed by atoms with Crippen LogP contribution in [0.1, 0.15) is 11.1 Å². The first-order valence-corrected chi connectivity index (χ1v) is 12.3. The predicted molar refractivity (Wildman–Crippen MR) is 120 cm³/mol. The fraction of sp³-hybridized carbons (Fsp3) is 0.100. The second kappa shape index (κ2) is 9.99. The Kier molecular flexibility index (Phi) is 7.34. The lowest BCUT2D eigenvalue weighted by atomic mass is 10.1. The van der Waals surface area contributed by atoms with Crippen LogP contribution in [0.25, 0.3) is 6.08 Å². The van der Waals surface area contributed by atoms with E-state index >= 15 is 0 Å². The number of nitriles is 1. The molecule has 0 unspecified atom stereocenters. The molecule has 3 aromatic rings. The van der Waals surface area contributed by atoms with Crippen LogP contribution in [-0.4, -0.2) is 30.8 Å². The van der Waals surface area contributed by atoms with E-state index in [1.807, 2.05) is 0 Å². The number of rotatable bonds is 7. The van der Waals surface area contributed by atoms with Crippen LogP contribution in [0.15, 0.2) is 56.9 Å². The number of benzene rings is 2. The van der Waals surface area contributed by atoms with Crippen molar-refractivity contribution in [3.05, 3.63) is 69.5 Å². The molecule has 8 nitrogen and oxygen atoms in total. The number of halogens is 2. The Morgan fingerprint density at radius 2 is 2.06 bits per heavy atom. The molecule has 0 bridgehead atoms. The molecule has 3 rings (SSSR count). The number of aromatic nitrogens is 2. The van der Waals surface area contributed by atoms with Crippen molar-refractivity contribution >= 4 is 54.2 Å². The third-order valence-corrected chi connectivity index (χ3v) is 7.04. The molecule has 32 heavy (non-hydrogen) atoms. The van der Waals surface area contributed by atoms with Gasteiger partial charge in [0, 0.05) is 11.8 Å². The van der Waals surface area contributed by atoms with E-state index < -0.39 is 15.7 Å². The molecule has 0 atom stereocenters. The second-order valence-corrected chi connectivity index (χ2v) is 10.4. The van der Waals surface area contributed by atoms with Gasteiger partial charge in [-0.15, -0.1) is 10.2 Å². The number of sulfone groups is 1. The van der Waals surface area contributed by atoms with Crippen molar-refractivity contribution in [1.82, 2.24) is 10.2 Å². The molecule has 1 aromatic heterocycles. The number of ether oxygens (including phenoxy) is 1. The minimum absolute atomic E-state index is 0.0314. The number of anilines is 1. The van der Waals surface area contributed by atoms with Gasteiger partial charge in [-0.3, -0.25) is 10.1 Å². The van der Waals surface area contributed by atoms with Crippen molar-refractivity contribution in [2.24, 2.45) is 0 Å². The van der Waals surface area contributed by atoms with Gasteiger partial charge in [0.1, 0.15) is 29.8 Å². The summed E-state index contributed by atoms with van der Waals surface area (Å²) in [6, 6.07) is 12.9. The third kappa shape index (κ3) is 5.97. The Balaban J connectivity index is 1.72. The van der Waals surface area contributed by atoms with E-state index in [0.29, 0.717) is 32.7 Å². The Morgan fingerprint density at radius 3 is 2.69 bits per heavy atom. The van der Waals surface area contributed by atoms with E-state index in [-0.39, 0.29) is 27.5 Å². The summed E-state index contributed by atoms with van der Waals surface area (Å²) in [5, 5.41) is 18.7. The number of carbonyl (C=O) groups is 1. The van der Waals surface area contributed by atoms with E-state index in [1.54, 1.807) is 42.5 Å². The highest BCUT2D eigenvalue weighted by Crippen LogP contribution is 2.28. The van der Waals surface area contributed by atoms with Crippen LogP contribution in [-0.2, 0) is 21.2 Å². The summed E-state index contributed by atoms with van der Waals surface area (Å²) in [5.41, 5.74) is 0.700. The minimum Gasteiger partial charge on any atom is -0.488 e. The SMILES string of the molecule is CS(=O)(=O)c1nnc(NC(=O)C(C#N)=Cc2ccc(OCc3ccccc3F)c(Br)c2)s1. The van der Waals surface area contributed by atoms with Crippen molar-refractivity contribution < 1.29 is 22.3 Å². The van der Waals surface area contributed by atoms with Gasteiger partial charge in [-0.25, -0.2) is 12.8 Å². The summed E-state index contributed by atoms with van der Waals surface area (Å²) in [7, 11) is -3.55. The fourth-order valence-electron chi connectivity index (χ4n) is 2.38. The number of nitrogens with zero attached hydrogens (tertiary/aromatic N) is 3. The molecule has 0 aliphatic carbocycles. The standard InChI is InChI=1S/C20H14BrFN4O4S2/c1-32(28,29)20-26-25-19(31-20)24-18(27)14(10-23)8-12-6-7-17(15(21)9-12)30-11-13-4-2-3-5-16(13)22/h2-9H,11H2,1H3,(H,24,25,27). The van der Waals surface area contributed by atoms with E-state index in [9.17, 15) is 22.9 Å². The topological polar surface area (TPSA) is 122 Å². The van der Waals surface area contributed by atoms with Crippen LogP contribution in [0.5, 0.6) is 5.75 Å². The zero-order chi connectivity index (χ0) is 23.3. The zero-order valence-electron chi connectivity index (χ0n) is 16.4. The van der Waals surface area contributed by atoms with E-state index in [4.69, 9.17) is 4.74 Å². The normalized spacial score (nSPS) is 11.6. The largest absolute Gasteiger partial charge is 0.488 e. The number of nitrogens with one attached hydrogen (secondary N) is 1. The average Bonchev–Trinajstić information content (AvgIpc) is 3.21. The molecule has 0 saturated heterocycles. The smallest absolute Gasteiger partial charge is 0.268 e. The highest BCUT2D eigenvalue weighted by molar-refractivity contribution is 9.10. The first-order valence-electron chi connectivity index (χ1n) is 8.80. The lowest BCUT2D eigenvalue weighted by Gasteiger charge is -2.09. The molecule has 1 amide bonds. The summed E-state index contributed by atoms with van der Waals surface area (Å²) in [6.45, 7) is 0.0314. The molecule has 2 aromatic carbocycles. The number of hydrogen-bond donors (Lipinski definition) is 1. The summed E-state index contributed by atoms with van der Waals surface area (Å²) in [4.78, 5) is 12.4. The predicted octanol–water partition coefficient (Wildman–Crippen LogP) is 3.97. The van der Waals surface area contributed by atoms with Crippen LogP contribution >= 0.6 is 27.3 Å². The summed E-state index contributed by atoms with van der Waals surface area (Å²) in [6.07, 6.45) is 2.32. The van der Waals surface area contributed by atoms with Gasteiger partial charge in [0.15, 0.2) is 0 Å². The van der Waals surface area contributed by atoms with Crippen molar-refractivity contribution in [2.75, 3.05) is 11.6 Å². The molecular formula is C20H14BrFN4O4S2. The van der Waals surface area contributed by atoms with Crippen molar-refractivity contribution in [3.63, 3.8) is 0 Å². The van der Waals surface area contributed by atoms with Crippen LogP contribution < -0.4 is 10.1 Å². The molecule has 1 N–H and O–H groups in total. The quantitative estimate of drug-likeness (QED) is 0.275. The lowest BCUT2D eigenvalue weighted by molar-refractivity contribution is -0.112. The van der Waals surface area contributed by atoms with Crippen LogP contribution in [0.4, 0.5) is 9.52 Å². The molecule has 12 heteroatoms. The van der Waals surface area contributed by atoms with Gasteiger partial charge < -0.3 is 4.74 Å². The summed E-state index contributed by atoms with van der Waals surface area (Å²) in [5.74, 6) is -0.679. The van der Waals surface area contributed by atoms with E-state index in [2.05, 4.69) is 31.4 Å². The Hall–Kier alpha value is -3.14. The maximum Gasteiger partial charge on any atom is 0.268 e. The summed E-state index contributed by atoms with van der Waals surface area (Å²) >= 11 is 4.04. The van der Waals surface area contributed by atoms with Crippen molar-refractivity contribution in [2.45, 2.75) is 10.9 Å². The zero-order valence-corrected chi connectivity index (χ0v) is 19.6. The maximum absolute atomic E-state index is 13.7. The van der Waals surface area contributed by atoms with Crippen LogP contribution in [0.3, 0.4) is 0 Å². The molecule has 0 aliphatic rings. The molecular weight excluding hydrogens is 523 g/mol. The molecule has 0 spiro atoms. The second-order valence-electron chi connectivity index (χ2n) is 6.34. The van der Waals surface area contributed by atoms with Gasteiger partial charge >= 0.3 is 0 Å². The molecule has 164 valence electrons. The first kappa shape index (κ1) is 23.5. The lowest BCUT2D eigenvalue weighted by Crippen LogP contribution is -2.13. The van der Waals surface area contributed by atoms with Gasteiger partial charge in [-0.2, -0.15) is 5.26 Å². The van der Waals surface area contributed by atoms with E-state index in [0.717, 1.165) is 6.26 Å². The molecule has 0 fully saturated rings. The van der Waals surface area contributed by atoms with Crippen LogP contribution in [0.2, 0.25) is 0 Å². The van der Waals surface area contributed by atoms with Gasteiger partial charge in [0.05, 0.1) is 4.47 Å². The monoisotopic (exact) mass is 536 g/mol. The first-order chi connectivity index (χ1) is 15.2. The average molecular weight is 537 g/mol. The van der Waals surface area contributed by atoms with Gasteiger partial charge in [-0.1, -0.05) is 35.6 Å². The van der Waals surface area contributed by atoms with Crippen molar-refractivity contribution in [3.8, 4) is 11.8 Å². The maximum atomic E-state index is 13.7. The van der Waals surface area contributed by atoms with Gasteiger partial charge in [0.2, 0.25) is 19.3 Å². The van der Waals surface area contributed by atoms with E-state index in [1.165, 1.54) is 12.1 Å². The fourth-order valence-corrected chi connectivity index (χ4v) is 4.40. The molecule has 1 heterocycles. The van der Waals surface area contributed by atoms with Gasteiger partial charge in [-0.05, 0) is 45.8 Å². The van der Waals surface area contributed by atoms with Crippen molar-refractivity contribution in [1.29, 1.82) is 5.26 Å². The Labute approximate surface area is 195 Å². The highest BCUT2D eigenvalue weighted by Gasteiger charge is 2.17. The third-order valence-electron chi connectivity index (χ3n) is 3.92. The Bertz CT molecular complexity index is 1350. The van der Waals surface area contributed by atoms with Gasteiger partial charge in [0.25, 0.3) is 5.91 Å². The summed E-state index contributed by atoms with van der Waals surface area (Å²) < 4.78 is 42.6. The number of amides is 1. The highest BCUT2D eigenvalue weighted by atomic mass is 79.9. The molecule has 0 saturated carbocycles. The number of carbonyl (C=O) groups excluding carboxylic acids is 1.